The third-order valence-electron chi connectivity index (χ3n) is 2.68. The maximum absolute atomic E-state index is 12.4. The van der Waals surface area contributed by atoms with Crippen LogP contribution in [0.1, 0.15) is 19.4 Å². The van der Waals surface area contributed by atoms with Gasteiger partial charge in [-0.25, -0.2) is 4.79 Å². The lowest BCUT2D eigenvalue weighted by atomic mass is 10.2. The van der Waals surface area contributed by atoms with Crippen molar-refractivity contribution >= 4 is 17.6 Å². The number of carbonyl (C=O) groups is 2. The number of rotatable bonds is 5. The monoisotopic (exact) mass is 327 g/mol. The van der Waals surface area contributed by atoms with Crippen molar-refractivity contribution in [1.29, 1.82) is 0 Å². The van der Waals surface area contributed by atoms with Gasteiger partial charge in [0.15, 0.2) is 6.10 Å². The number of carbonyl (C=O) groups excluding carboxylic acids is 2. The average Bonchev–Trinajstić information content (AvgIpc) is 2.47. The van der Waals surface area contributed by atoms with Crippen LogP contribution in [0.3, 0.4) is 0 Å². The Bertz CT molecular complexity index is 604. The van der Waals surface area contributed by atoms with E-state index in [2.05, 4.69) is 5.32 Å². The molecule has 0 saturated heterocycles. The van der Waals surface area contributed by atoms with E-state index < -0.39 is 29.7 Å². The van der Waals surface area contributed by atoms with Gasteiger partial charge in [0.1, 0.15) is 0 Å². The van der Waals surface area contributed by atoms with Crippen LogP contribution in [0.15, 0.2) is 48.6 Å². The van der Waals surface area contributed by atoms with Gasteiger partial charge in [-0.1, -0.05) is 18.2 Å². The lowest BCUT2D eigenvalue weighted by Crippen LogP contribution is -2.29. The number of alkyl halides is 3. The number of allylic oxidation sites excluding steroid dienone is 3. The molecule has 1 atom stereocenters. The normalized spacial score (nSPS) is 13.3. The Balaban J connectivity index is 2.60. The largest absolute Gasteiger partial charge is 0.449 e. The summed E-state index contributed by atoms with van der Waals surface area (Å²) in [5.41, 5.74) is -0.639. The Morgan fingerprint density at radius 1 is 1.17 bits per heavy atom. The zero-order valence-electron chi connectivity index (χ0n) is 12.6. The van der Waals surface area contributed by atoms with Gasteiger partial charge in [-0.15, -0.1) is 0 Å². The first kappa shape index (κ1) is 18.5. The second kappa shape index (κ2) is 8.17. The molecule has 0 heterocycles. The summed E-state index contributed by atoms with van der Waals surface area (Å²) in [5.74, 6) is -1.34. The van der Waals surface area contributed by atoms with Crippen molar-refractivity contribution in [2.45, 2.75) is 26.1 Å². The summed E-state index contributed by atoms with van der Waals surface area (Å²) in [6, 6.07) is 3.96. The average molecular weight is 327 g/mol. The van der Waals surface area contributed by atoms with E-state index in [1.54, 1.807) is 19.1 Å². The Kier molecular flexibility index (Phi) is 6.56. The Hall–Kier alpha value is -2.57. The topological polar surface area (TPSA) is 55.4 Å². The van der Waals surface area contributed by atoms with Crippen LogP contribution in [0.25, 0.3) is 0 Å². The number of benzene rings is 1. The minimum atomic E-state index is -4.44. The molecule has 0 spiro atoms. The van der Waals surface area contributed by atoms with Crippen molar-refractivity contribution in [3.05, 3.63) is 54.1 Å². The minimum Gasteiger partial charge on any atom is -0.449 e. The highest BCUT2D eigenvalue weighted by atomic mass is 19.4. The van der Waals surface area contributed by atoms with E-state index in [0.29, 0.717) is 0 Å². The molecule has 0 bridgehead atoms. The fraction of sp³-hybridized carbons (Fsp3) is 0.250. The van der Waals surface area contributed by atoms with Gasteiger partial charge in [0.2, 0.25) is 0 Å². The molecule has 1 amide bonds. The van der Waals surface area contributed by atoms with Crippen LogP contribution < -0.4 is 5.32 Å². The molecule has 1 aromatic carbocycles. The van der Waals surface area contributed by atoms with Crippen molar-refractivity contribution < 1.29 is 27.5 Å². The summed E-state index contributed by atoms with van der Waals surface area (Å²) < 4.78 is 42.1. The van der Waals surface area contributed by atoms with Gasteiger partial charge in [-0.3, -0.25) is 4.79 Å². The molecule has 0 aliphatic heterocycles. The third-order valence-corrected chi connectivity index (χ3v) is 2.68. The first-order valence-electron chi connectivity index (χ1n) is 6.72. The highest BCUT2D eigenvalue weighted by Crippen LogP contribution is 2.29. The van der Waals surface area contributed by atoms with Crippen LogP contribution in [-0.4, -0.2) is 18.0 Å². The van der Waals surface area contributed by atoms with Crippen molar-refractivity contribution in [2.24, 2.45) is 0 Å². The smallest absolute Gasteiger partial charge is 0.416 e. The molecule has 1 aromatic rings. The molecule has 1 N–H and O–H groups in total. The highest BCUT2D eigenvalue weighted by molar-refractivity contribution is 5.96. The predicted octanol–water partition coefficient (Wildman–Crippen LogP) is 3.71. The second-order valence-corrected chi connectivity index (χ2v) is 4.53. The molecule has 7 heteroatoms. The van der Waals surface area contributed by atoms with Crippen LogP contribution in [0.2, 0.25) is 0 Å². The van der Waals surface area contributed by atoms with Crippen LogP contribution in [-0.2, 0) is 20.5 Å². The molecule has 1 rings (SSSR count). The quantitative estimate of drug-likeness (QED) is 0.509. The molecule has 124 valence electrons. The van der Waals surface area contributed by atoms with E-state index in [-0.39, 0.29) is 5.69 Å². The number of anilines is 1. The summed E-state index contributed by atoms with van der Waals surface area (Å²) in [7, 11) is 0. The number of amides is 1. The van der Waals surface area contributed by atoms with Gasteiger partial charge < -0.3 is 10.1 Å². The molecule has 4 nitrogen and oxygen atoms in total. The zero-order valence-corrected chi connectivity index (χ0v) is 12.6. The first-order valence-corrected chi connectivity index (χ1v) is 6.72. The summed E-state index contributed by atoms with van der Waals surface area (Å²) in [4.78, 5) is 23.2. The summed E-state index contributed by atoms with van der Waals surface area (Å²) >= 11 is 0. The predicted molar refractivity (Wildman–Crippen MR) is 79.6 cm³/mol. The molecule has 0 aliphatic rings. The highest BCUT2D eigenvalue weighted by Gasteiger charge is 2.30. The number of ether oxygens (including phenoxy) is 1. The van der Waals surface area contributed by atoms with Gasteiger partial charge in [-0.05, 0) is 38.1 Å². The fourth-order valence-corrected chi connectivity index (χ4v) is 1.50. The number of esters is 1. The summed E-state index contributed by atoms with van der Waals surface area (Å²) in [6.45, 7) is 3.14. The van der Waals surface area contributed by atoms with E-state index in [1.165, 1.54) is 13.0 Å². The third kappa shape index (κ3) is 6.37. The maximum atomic E-state index is 12.4. The first-order chi connectivity index (χ1) is 10.7. The van der Waals surface area contributed by atoms with E-state index in [0.717, 1.165) is 30.3 Å². The van der Waals surface area contributed by atoms with Crippen molar-refractivity contribution in [2.75, 3.05) is 5.32 Å². The van der Waals surface area contributed by atoms with Crippen LogP contribution in [0, 0.1) is 0 Å². The number of hydrogen-bond acceptors (Lipinski definition) is 3. The maximum Gasteiger partial charge on any atom is 0.416 e. The van der Waals surface area contributed by atoms with Crippen LogP contribution in [0.4, 0.5) is 18.9 Å². The molecule has 23 heavy (non-hydrogen) atoms. The van der Waals surface area contributed by atoms with E-state index in [1.807, 2.05) is 0 Å². The Morgan fingerprint density at radius 3 is 2.30 bits per heavy atom. The van der Waals surface area contributed by atoms with Crippen molar-refractivity contribution in [3.8, 4) is 0 Å². The molecular weight excluding hydrogens is 311 g/mol. The van der Waals surface area contributed by atoms with Crippen LogP contribution in [0.5, 0.6) is 0 Å². The SMILES string of the molecule is C/C=C/C=C/C(=O)O[C@H](C)C(=O)Nc1ccc(C(F)(F)F)cc1. The van der Waals surface area contributed by atoms with Crippen molar-refractivity contribution in [1.82, 2.24) is 0 Å². The molecule has 0 unspecified atom stereocenters. The molecule has 0 radical (unpaired) electrons. The lowest BCUT2D eigenvalue weighted by Gasteiger charge is -2.13. The van der Waals surface area contributed by atoms with Crippen molar-refractivity contribution in [3.63, 3.8) is 0 Å². The van der Waals surface area contributed by atoms with Gasteiger partial charge in [-0.2, -0.15) is 13.2 Å². The fourth-order valence-electron chi connectivity index (χ4n) is 1.50. The summed E-state index contributed by atoms with van der Waals surface area (Å²) in [5, 5.41) is 2.37. The van der Waals surface area contributed by atoms with Gasteiger partial charge in [0.25, 0.3) is 5.91 Å². The lowest BCUT2D eigenvalue weighted by molar-refractivity contribution is -0.148. The van der Waals surface area contributed by atoms with Gasteiger partial charge in [0.05, 0.1) is 5.56 Å². The zero-order chi connectivity index (χ0) is 17.5. The van der Waals surface area contributed by atoms with E-state index in [4.69, 9.17) is 4.74 Å². The summed E-state index contributed by atoms with van der Waals surface area (Å²) in [6.07, 6.45) is 0.425. The molecule has 0 aromatic heterocycles. The number of halogens is 3. The molecule has 0 saturated carbocycles. The standard InChI is InChI=1S/C16H16F3NO3/c1-3-4-5-6-14(21)23-11(2)15(22)20-13-9-7-12(8-10-13)16(17,18)19/h3-11H,1-2H3,(H,20,22)/b4-3+,6-5+/t11-/m1/s1. The number of hydrogen-bond donors (Lipinski definition) is 1. The number of nitrogens with one attached hydrogen (secondary N) is 1. The molecular formula is C16H16F3NO3. The van der Waals surface area contributed by atoms with Gasteiger partial charge in [0, 0.05) is 11.8 Å². The minimum absolute atomic E-state index is 0.176. The second-order valence-electron chi connectivity index (χ2n) is 4.53. The molecule has 0 fully saturated rings. The van der Waals surface area contributed by atoms with Crippen LogP contribution >= 0.6 is 0 Å². The Labute approximate surface area is 131 Å². The van der Waals surface area contributed by atoms with Gasteiger partial charge >= 0.3 is 12.1 Å². The van der Waals surface area contributed by atoms with E-state index in [9.17, 15) is 22.8 Å². The van der Waals surface area contributed by atoms with E-state index >= 15 is 0 Å². The molecule has 0 aliphatic carbocycles. The Morgan fingerprint density at radius 2 is 1.78 bits per heavy atom.